The first-order valence-electron chi connectivity index (χ1n) is 12.0. The summed E-state index contributed by atoms with van der Waals surface area (Å²) < 4.78 is 32.7. The number of ether oxygens (including phenoxy) is 3. The number of carboxylic acids is 1. The van der Waals surface area contributed by atoms with E-state index >= 15 is 4.39 Å². The van der Waals surface area contributed by atoms with E-state index in [9.17, 15) is 4.79 Å². The normalized spacial score (nSPS) is 11.1. The second kappa shape index (κ2) is 14.2. The molecular weight excluding hydrogens is 539 g/mol. The lowest BCUT2D eigenvalue weighted by Crippen LogP contribution is -2.18. The van der Waals surface area contributed by atoms with E-state index < -0.39 is 23.5 Å². The summed E-state index contributed by atoms with van der Waals surface area (Å²) in [5.74, 6) is -1.20. The number of rotatable bonds is 11. The fourth-order valence-corrected chi connectivity index (χ4v) is 3.47. The van der Waals surface area contributed by atoms with Crippen LogP contribution in [0.1, 0.15) is 29.9 Å². The Morgan fingerprint density at radius 1 is 1.20 bits per heavy atom. The minimum absolute atomic E-state index is 0.0502. The van der Waals surface area contributed by atoms with Gasteiger partial charge >= 0.3 is 5.69 Å². The van der Waals surface area contributed by atoms with Gasteiger partial charge in [-0.2, -0.15) is 0 Å². The second-order valence-electron chi connectivity index (χ2n) is 8.23. The third-order valence-corrected chi connectivity index (χ3v) is 5.29. The molecule has 216 valence electrons. The molecule has 0 aliphatic heterocycles. The van der Waals surface area contributed by atoms with Crippen molar-refractivity contribution in [3.63, 3.8) is 0 Å². The van der Waals surface area contributed by atoms with Gasteiger partial charge in [0.2, 0.25) is 0 Å². The summed E-state index contributed by atoms with van der Waals surface area (Å²) in [7, 11) is 2.96. The van der Waals surface area contributed by atoms with Crippen LogP contribution in [-0.4, -0.2) is 69.1 Å². The van der Waals surface area contributed by atoms with Crippen molar-refractivity contribution in [2.24, 2.45) is 5.73 Å². The van der Waals surface area contributed by atoms with Crippen molar-refractivity contribution in [2.75, 3.05) is 32.8 Å². The van der Waals surface area contributed by atoms with Crippen LogP contribution in [0.3, 0.4) is 0 Å². The lowest BCUT2D eigenvalue weighted by molar-refractivity contribution is -0.134. The summed E-state index contributed by atoms with van der Waals surface area (Å²) >= 11 is 0. The van der Waals surface area contributed by atoms with Crippen molar-refractivity contribution in [3.8, 4) is 17.4 Å². The highest BCUT2D eigenvalue weighted by Gasteiger charge is 2.27. The molecule has 15 heteroatoms. The molecule has 41 heavy (non-hydrogen) atoms. The third kappa shape index (κ3) is 8.09. The number of benzene rings is 2. The van der Waals surface area contributed by atoms with Crippen LogP contribution in [0.2, 0.25) is 0 Å². The van der Waals surface area contributed by atoms with Gasteiger partial charge in [0.05, 0.1) is 13.7 Å². The van der Waals surface area contributed by atoms with E-state index in [0.29, 0.717) is 17.0 Å². The van der Waals surface area contributed by atoms with Crippen LogP contribution in [0.5, 0.6) is 11.5 Å². The van der Waals surface area contributed by atoms with Crippen LogP contribution < -0.4 is 26.2 Å². The van der Waals surface area contributed by atoms with E-state index in [-0.39, 0.29) is 42.1 Å². The number of hydrogen-bond donors (Lipinski definition) is 5. The maximum atomic E-state index is 15.8. The smallest absolute Gasteiger partial charge is 0.350 e. The number of methoxy groups -OCH3 is 2. The summed E-state index contributed by atoms with van der Waals surface area (Å²) in [5, 5.41) is 22.5. The van der Waals surface area contributed by atoms with Crippen molar-refractivity contribution in [1.29, 1.82) is 5.41 Å². The van der Waals surface area contributed by atoms with E-state index in [2.05, 4.69) is 25.4 Å². The highest BCUT2D eigenvalue weighted by Crippen LogP contribution is 2.35. The molecule has 0 bridgehead atoms. The lowest BCUT2D eigenvalue weighted by atomic mass is 10.0. The van der Waals surface area contributed by atoms with Gasteiger partial charge in [-0.3, -0.25) is 15.2 Å². The number of carbonyl (C=O) groups is 1. The standard InChI is InChI=1S/C24H25FN8O4.C2H4O2/c1-35-10-11-37-18-13-16(36-2)12-17(19(18)25)20(30-15-6-4-14(5-7-15)21(26)27)22-31-24(34)33(32-22)23-28-8-3-9-29-23;1-2(3)4/h3-9,12-13,20,30H,10-11H2,1-2H3,(H3,26,27)(H,31,32,34);1H3,(H,3,4). The minimum Gasteiger partial charge on any atom is -0.497 e. The Kier molecular flexibility index (Phi) is 10.5. The molecule has 4 aromatic rings. The molecule has 2 aromatic heterocycles. The van der Waals surface area contributed by atoms with Crippen LogP contribution in [0.15, 0.2) is 59.7 Å². The summed E-state index contributed by atoms with van der Waals surface area (Å²) in [5.41, 5.74) is 6.10. The predicted octanol–water partition coefficient (Wildman–Crippen LogP) is 2.10. The van der Waals surface area contributed by atoms with Crippen LogP contribution in [0.4, 0.5) is 10.1 Å². The highest BCUT2D eigenvalue weighted by atomic mass is 19.1. The van der Waals surface area contributed by atoms with Gasteiger partial charge in [0.25, 0.3) is 11.9 Å². The Bertz CT molecular complexity index is 1520. The molecule has 4 rings (SSSR count). The molecule has 2 aromatic carbocycles. The molecule has 14 nitrogen and oxygen atoms in total. The predicted molar refractivity (Wildman–Crippen MR) is 146 cm³/mol. The summed E-state index contributed by atoms with van der Waals surface area (Å²) in [6.07, 6.45) is 2.95. The number of aromatic nitrogens is 5. The van der Waals surface area contributed by atoms with Gasteiger partial charge in [-0.1, -0.05) is 0 Å². The van der Waals surface area contributed by atoms with Gasteiger partial charge in [-0.15, -0.1) is 9.78 Å². The molecule has 0 fully saturated rings. The van der Waals surface area contributed by atoms with Gasteiger partial charge in [-0.25, -0.2) is 19.2 Å². The van der Waals surface area contributed by atoms with E-state index in [0.717, 1.165) is 11.6 Å². The number of nitrogen functional groups attached to an aromatic ring is 1. The van der Waals surface area contributed by atoms with Gasteiger partial charge in [0, 0.05) is 49.3 Å². The van der Waals surface area contributed by atoms with E-state index in [1.165, 1.54) is 38.7 Å². The average molecular weight is 569 g/mol. The van der Waals surface area contributed by atoms with Crippen LogP contribution >= 0.6 is 0 Å². The fourth-order valence-electron chi connectivity index (χ4n) is 3.47. The molecule has 1 unspecified atom stereocenters. The number of aliphatic carboxylic acids is 1. The zero-order chi connectivity index (χ0) is 29.9. The summed E-state index contributed by atoms with van der Waals surface area (Å²) in [4.78, 5) is 32.5. The first-order valence-corrected chi connectivity index (χ1v) is 12.0. The Labute approximate surface area is 233 Å². The fraction of sp³-hybridized carbons (Fsp3) is 0.231. The van der Waals surface area contributed by atoms with Crippen molar-refractivity contribution < 1.29 is 28.5 Å². The molecule has 1 atom stereocenters. The monoisotopic (exact) mass is 568 g/mol. The van der Waals surface area contributed by atoms with Crippen molar-refractivity contribution in [3.05, 3.63) is 88.1 Å². The minimum atomic E-state index is -0.999. The number of halogens is 1. The topological polar surface area (TPSA) is 203 Å². The number of anilines is 1. The SMILES string of the molecule is CC(=O)O.COCCOc1cc(OC)cc(C(Nc2ccc(C(=N)N)cc2)c2nn(-c3ncccn3)c(=O)[nH]2)c1F. The lowest BCUT2D eigenvalue weighted by Gasteiger charge is -2.21. The van der Waals surface area contributed by atoms with Crippen molar-refractivity contribution >= 4 is 17.5 Å². The van der Waals surface area contributed by atoms with Gasteiger partial charge < -0.3 is 30.4 Å². The molecule has 0 saturated carbocycles. The number of aromatic amines is 1. The molecule has 2 heterocycles. The van der Waals surface area contributed by atoms with E-state index in [4.69, 9.17) is 35.3 Å². The molecular formula is C26H29FN8O6. The van der Waals surface area contributed by atoms with E-state index in [1.807, 2.05) is 0 Å². The molecule has 0 aliphatic rings. The Hall–Kier alpha value is -5.31. The molecule has 0 aliphatic carbocycles. The molecule has 0 saturated heterocycles. The number of nitrogens with zero attached hydrogens (tertiary/aromatic N) is 4. The maximum Gasteiger partial charge on any atom is 0.350 e. The first-order chi connectivity index (χ1) is 19.6. The number of hydrogen-bond acceptors (Lipinski definition) is 10. The summed E-state index contributed by atoms with van der Waals surface area (Å²) in [6, 6.07) is 10.1. The Morgan fingerprint density at radius 2 is 1.85 bits per heavy atom. The van der Waals surface area contributed by atoms with Gasteiger partial charge in [0.1, 0.15) is 24.2 Å². The number of nitrogens with one attached hydrogen (secondary N) is 3. The van der Waals surface area contributed by atoms with Crippen molar-refractivity contribution in [2.45, 2.75) is 13.0 Å². The van der Waals surface area contributed by atoms with Crippen molar-refractivity contribution in [1.82, 2.24) is 24.7 Å². The van der Waals surface area contributed by atoms with Crippen LogP contribution in [0, 0.1) is 11.2 Å². The van der Waals surface area contributed by atoms with E-state index in [1.54, 1.807) is 30.3 Å². The molecule has 0 radical (unpaired) electrons. The Morgan fingerprint density at radius 3 is 2.44 bits per heavy atom. The largest absolute Gasteiger partial charge is 0.497 e. The third-order valence-electron chi connectivity index (χ3n) is 5.29. The zero-order valence-electron chi connectivity index (χ0n) is 22.4. The number of H-pyrrole nitrogens is 1. The first kappa shape index (κ1) is 30.2. The zero-order valence-corrected chi connectivity index (χ0v) is 22.4. The Balaban J connectivity index is 0.00000108. The number of nitrogens with two attached hydrogens (primary N) is 1. The molecule has 0 amide bonds. The molecule has 6 N–H and O–H groups in total. The van der Waals surface area contributed by atoms with Gasteiger partial charge in [0.15, 0.2) is 17.4 Å². The quantitative estimate of drug-likeness (QED) is 0.101. The number of carboxylic acid groups (broad SMARTS) is 1. The molecule has 0 spiro atoms. The van der Waals surface area contributed by atoms with Gasteiger partial charge in [-0.05, 0) is 36.4 Å². The van der Waals surface area contributed by atoms with Crippen LogP contribution in [-0.2, 0) is 9.53 Å². The average Bonchev–Trinajstić information content (AvgIpc) is 3.34. The second-order valence-corrected chi connectivity index (χ2v) is 8.23. The van der Waals surface area contributed by atoms with Crippen LogP contribution in [0.25, 0.3) is 5.95 Å². The number of amidine groups is 1. The maximum absolute atomic E-state index is 15.8. The highest BCUT2D eigenvalue weighted by molar-refractivity contribution is 5.95. The summed E-state index contributed by atoms with van der Waals surface area (Å²) in [6.45, 7) is 1.45.